The summed E-state index contributed by atoms with van der Waals surface area (Å²) in [5, 5.41) is 8.88. The Labute approximate surface area is 123 Å². The predicted molar refractivity (Wildman–Crippen MR) is 75.1 cm³/mol. The molecular formula is C11H17F6O2PS. The van der Waals surface area contributed by atoms with Gasteiger partial charge in [-0.15, -0.1) is 0 Å². The Morgan fingerprint density at radius 3 is 1.90 bits per heavy atom. The quantitative estimate of drug-likeness (QED) is 0.477. The Hall–Kier alpha value is -0.660. The number of hydrogen-bond donors (Lipinski definition) is 1. The molecule has 0 aliphatic carbocycles. The zero-order valence-corrected chi connectivity index (χ0v) is 13.4. The van der Waals surface area contributed by atoms with E-state index in [1.165, 1.54) is 5.56 Å². The Morgan fingerprint density at radius 1 is 1.10 bits per heavy atom. The van der Waals surface area contributed by atoms with E-state index in [1.54, 1.807) is 0 Å². The third-order valence-electron chi connectivity index (χ3n) is 2.32. The van der Waals surface area contributed by atoms with Crippen molar-refractivity contribution < 1.29 is 35.0 Å². The van der Waals surface area contributed by atoms with Gasteiger partial charge in [-0.25, -0.2) is 0 Å². The van der Waals surface area contributed by atoms with Crippen molar-refractivity contribution in [3.63, 3.8) is 0 Å². The third kappa shape index (κ3) is 11.7. The van der Waals surface area contributed by atoms with Crippen molar-refractivity contribution in [2.75, 3.05) is 6.61 Å². The molecule has 1 unspecified atom stereocenters. The summed E-state index contributed by atoms with van der Waals surface area (Å²) in [6.45, 7) is 5.93. The van der Waals surface area contributed by atoms with Crippen molar-refractivity contribution >= 4 is 20.4 Å². The molecular weight excluding hydrogens is 341 g/mol. The molecule has 0 amide bonds. The second-order valence-corrected chi connectivity index (χ2v) is 6.89. The molecule has 0 radical (unpaired) electrons. The van der Waals surface area contributed by atoms with Gasteiger partial charge in [-0.3, -0.25) is 0 Å². The van der Waals surface area contributed by atoms with Crippen LogP contribution in [0.1, 0.15) is 18.1 Å². The van der Waals surface area contributed by atoms with Crippen LogP contribution in [0.4, 0.5) is 25.2 Å². The zero-order chi connectivity index (χ0) is 17.1. The second kappa shape index (κ2) is 5.85. The van der Waals surface area contributed by atoms with Crippen molar-refractivity contribution in [1.82, 2.24) is 0 Å². The monoisotopic (exact) mass is 358 g/mol. The molecule has 0 spiro atoms. The molecule has 0 aliphatic rings. The molecule has 0 heterocycles. The van der Waals surface area contributed by atoms with Gasteiger partial charge in [0, 0.05) is 5.56 Å². The maximum absolute atomic E-state index is 10.7. The van der Waals surface area contributed by atoms with E-state index in [0.717, 1.165) is 16.2 Å². The van der Waals surface area contributed by atoms with E-state index in [-0.39, 0.29) is 12.7 Å². The van der Waals surface area contributed by atoms with Crippen molar-refractivity contribution in [3.05, 3.63) is 23.3 Å². The van der Waals surface area contributed by atoms with Gasteiger partial charge in [-0.1, -0.05) is 0 Å². The van der Waals surface area contributed by atoms with Crippen LogP contribution in [0, 0.1) is 13.8 Å². The first-order valence-corrected chi connectivity index (χ1v) is 8.19. The van der Waals surface area contributed by atoms with Gasteiger partial charge < -0.3 is 9.84 Å². The van der Waals surface area contributed by atoms with E-state index >= 15 is 0 Å². The average Bonchev–Trinajstić information content (AvgIpc) is 2.25. The normalized spacial score (nSPS) is 16.1. The Kier molecular flexibility index (Phi) is 5.67. The second-order valence-electron chi connectivity index (χ2n) is 4.43. The molecule has 126 valence electrons. The third-order valence-corrected chi connectivity index (χ3v) is 2.86. The van der Waals surface area contributed by atoms with Crippen molar-refractivity contribution in [2.45, 2.75) is 31.8 Å². The summed E-state index contributed by atoms with van der Waals surface area (Å²) < 4.78 is 64.8. The zero-order valence-electron chi connectivity index (χ0n) is 11.5. The fourth-order valence-corrected chi connectivity index (χ4v) is 1.45. The van der Waals surface area contributed by atoms with E-state index < -0.39 is 7.81 Å². The Morgan fingerprint density at radius 2 is 1.52 bits per heavy atom. The average molecular weight is 358 g/mol. The van der Waals surface area contributed by atoms with Crippen LogP contribution < -0.4 is 4.74 Å². The fourth-order valence-electron chi connectivity index (χ4n) is 1.18. The molecule has 21 heavy (non-hydrogen) atoms. The number of hydrogen-bond acceptors (Lipinski definition) is 2. The predicted octanol–water partition coefficient (Wildman–Crippen LogP) is 4.82. The first-order valence-electron chi connectivity index (χ1n) is 5.67. The molecule has 0 fully saturated rings. The van der Waals surface area contributed by atoms with Crippen LogP contribution in [0.25, 0.3) is 0 Å². The molecule has 0 saturated carbocycles. The number of rotatable bonds is 3. The van der Waals surface area contributed by atoms with Gasteiger partial charge >= 0.3 is 33.0 Å². The van der Waals surface area contributed by atoms with Gasteiger partial charge in [0.15, 0.2) is 4.90 Å². The van der Waals surface area contributed by atoms with Crippen LogP contribution >= 0.6 is 7.81 Å². The molecule has 0 saturated heterocycles. The molecule has 1 aromatic carbocycles. The van der Waals surface area contributed by atoms with Crippen LogP contribution in [0.15, 0.2) is 17.0 Å². The van der Waals surface area contributed by atoms with Gasteiger partial charge in [-0.2, -0.15) is 0 Å². The van der Waals surface area contributed by atoms with E-state index in [0.29, 0.717) is 0 Å². The van der Waals surface area contributed by atoms with Gasteiger partial charge in [0.1, 0.15) is 11.9 Å². The Bertz CT molecular complexity index is 491. The summed E-state index contributed by atoms with van der Waals surface area (Å²) in [5.74, 6) is 0.839. The van der Waals surface area contributed by atoms with Crippen LogP contribution in [0.3, 0.4) is 0 Å². The molecule has 0 bridgehead atoms. The van der Waals surface area contributed by atoms with E-state index in [1.807, 2.05) is 32.9 Å². The van der Waals surface area contributed by atoms with E-state index in [2.05, 4.69) is 12.6 Å². The van der Waals surface area contributed by atoms with Crippen molar-refractivity contribution in [2.24, 2.45) is 0 Å². The Balaban J connectivity index is 0.000000486. The summed E-state index contributed by atoms with van der Waals surface area (Å²) >= 11 is 3.51. The maximum atomic E-state index is 9.87. The first-order chi connectivity index (χ1) is 9.01. The molecule has 0 aliphatic heterocycles. The number of aliphatic hydroxyl groups excluding tert-OH is 1. The summed E-state index contributed by atoms with van der Waals surface area (Å²) in [6, 6.07) is 3.87. The topological polar surface area (TPSA) is 29.5 Å². The minimum absolute atomic E-state index is 0.0358. The molecule has 0 aromatic heterocycles. The summed E-state index contributed by atoms with van der Waals surface area (Å²) in [4.78, 5) is 1.08. The van der Waals surface area contributed by atoms with Crippen LogP contribution in [-0.4, -0.2) is 17.8 Å². The fraction of sp³-hybridized carbons (Fsp3) is 0.455. The molecule has 10 heteroatoms. The minimum atomic E-state index is -10.7. The van der Waals surface area contributed by atoms with Crippen LogP contribution in [-0.2, 0) is 12.6 Å². The molecule has 2 nitrogen and oxygen atoms in total. The summed E-state index contributed by atoms with van der Waals surface area (Å²) in [5.41, 5.74) is 2.28. The number of ether oxygens (including phenoxy) is 1. The van der Waals surface area contributed by atoms with Crippen molar-refractivity contribution in [3.8, 4) is 5.75 Å². The standard InChI is InChI=1S/C11H16O2S.F6P/c1-7(6-12)13-10-4-5-11(14)9(3)8(10)2;1-7(2,3,4,5)6/h4-5,7,12,14H,6H2,1-3H3;/q;-1/p+1. The SMILES string of the molecule is Cc1c([SH2+])ccc(OC(C)CO)c1C.F[P-](F)(F)(F)(F)F. The number of aliphatic hydroxyl groups is 1. The molecule has 1 atom stereocenters. The van der Waals surface area contributed by atoms with Gasteiger partial charge in [0.05, 0.1) is 6.61 Å². The van der Waals surface area contributed by atoms with Gasteiger partial charge in [-0.05, 0) is 51.1 Å². The summed E-state index contributed by atoms with van der Waals surface area (Å²) in [7, 11) is -10.7. The number of halogens is 6. The van der Waals surface area contributed by atoms with E-state index in [4.69, 9.17) is 9.84 Å². The van der Waals surface area contributed by atoms with Gasteiger partial charge in [0.2, 0.25) is 0 Å². The van der Waals surface area contributed by atoms with Crippen LogP contribution in [0.5, 0.6) is 5.75 Å². The first kappa shape index (κ1) is 20.3. The molecule has 1 N–H and O–H groups in total. The molecule has 1 rings (SSSR count). The van der Waals surface area contributed by atoms with Gasteiger partial charge in [0.25, 0.3) is 0 Å². The summed E-state index contributed by atoms with van der Waals surface area (Å²) in [6.07, 6.45) is -0.159. The molecule has 1 aromatic rings. The van der Waals surface area contributed by atoms with Crippen LogP contribution in [0.2, 0.25) is 0 Å². The number of benzene rings is 1. The van der Waals surface area contributed by atoms with Crippen molar-refractivity contribution in [1.29, 1.82) is 0 Å². The van der Waals surface area contributed by atoms with E-state index in [9.17, 15) is 25.2 Å².